The van der Waals surface area contributed by atoms with Gasteiger partial charge in [0.25, 0.3) is 0 Å². The highest BCUT2D eigenvalue weighted by Gasteiger charge is 2.39. The van der Waals surface area contributed by atoms with Crippen molar-refractivity contribution in [2.24, 2.45) is 5.41 Å². The van der Waals surface area contributed by atoms with Gasteiger partial charge in [0.15, 0.2) is 0 Å². The maximum atomic E-state index is 11.6. The van der Waals surface area contributed by atoms with Crippen molar-refractivity contribution >= 4 is 6.29 Å². The van der Waals surface area contributed by atoms with Crippen LogP contribution in [0.4, 0.5) is 0 Å². The maximum Gasteiger partial charge on any atom is 0.127 e. The Morgan fingerprint density at radius 1 is 1.00 bits per heavy atom. The third-order valence-corrected chi connectivity index (χ3v) is 4.93. The zero-order chi connectivity index (χ0) is 12.4. The van der Waals surface area contributed by atoms with E-state index in [9.17, 15) is 4.79 Å². The molecule has 0 unspecified atom stereocenters. The molecule has 1 saturated heterocycles. The Morgan fingerprint density at radius 3 is 2.12 bits per heavy atom. The highest BCUT2D eigenvalue weighted by Crippen LogP contribution is 2.38. The first-order chi connectivity index (χ1) is 8.08. The van der Waals surface area contributed by atoms with E-state index in [0.29, 0.717) is 5.54 Å². The molecule has 0 aromatic rings. The molecule has 0 bridgehead atoms. The highest BCUT2D eigenvalue weighted by molar-refractivity contribution is 5.59. The van der Waals surface area contributed by atoms with Gasteiger partial charge >= 0.3 is 0 Å². The molecule has 1 heterocycles. The molecule has 2 rings (SSSR count). The van der Waals surface area contributed by atoms with Crippen LogP contribution in [0, 0.1) is 5.41 Å². The van der Waals surface area contributed by atoms with Crippen LogP contribution in [0.15, 0.2) is 0 Å². The van der Waals surface area contributed by atoms with Crippen molar-refractivity contribution in [3.8, 4) is 0 Å². The Bertz CT molecular complexity index is 264. The lowest BCUT2D eigenvalue weighted by Crippen LogP contribution is -2.46. The van der Waals surface area contributed by atoms with E-state index in [2.05, 4.69) is 18.7 Å². The third kappa shape index (κ3) is 2.90. The summed E-state index contributed by atoms with van der Waals surface area (Å²) in [6.07, 6.45) is 11.2. The molecule has 0 aromatic carbocycles. The van der Waals surface area contributed by atoms with Crippen molar-refractivity contribution in [3.05, 3.63) is 0 Å². The number of carbonyl (C=O) groups is 1. The number of nitrogens with zero attached hydrogens (tertiary/aromatic N) is 1. The van der Waals surface area contributed by atoms with Gasteiger partial charge in [-0.25, -0.2) is 0 Å². The van der Waals surface area contributed by atoms with E-state index in [0.717, 1.165) is 19.4 Å². The van der Waals surface area contributed by atoms with Gasteiger partial charge in [-0.05, 0) is 46.1 Å². The van der Waals surface area contributed by atoms with Gasteiger partial charge in [0.05, 0.1) is 0 Å². The molecule has 1 aliphatic heterocycles. The predicted octanol–water partition coefficient (Wildman–Crippen LogP) is 3.40. The van der Waals surface area contributed by atoms with Gasteiger partial charge in [0, 0.05) is 17.5 Å². The minimum absolute atomic E-state index is 0.0297. The first-order valence-corrected chi connectivity index (χ1v) is 7.29. The number of carbonyl (C=O) groups excluding carboxylic acids is 1. The Morgan fingerprint density at radius 2 is 1.65 bits per heavy atom. The smallest absolute Gasteiger partial charge is 0.127 e. The lowest BCUT2D eigenvalue weighted by molar-refractivity contribution is -0.118. The fourth-order valence-corrected chi connectivity index (χ4v) is 3.58. The Balaban J connectivity index is 2.05. The molecule has 0 amide bonds. The summed E-state index contributed by atoms with van der Waals surface area (Å²) in [6, 6.07) is 0. The van der Waals surface area contributed by atoms with Crippen molar-refractivity contribution in [1.29, 1.82) is 0 Å². The van der Waals surface area contributed by atoms with Crippen LogP contribution >= 0.6 is 0 Å². The normalized spacial score (nSPS) is 28.8. The molecule has 2 aliphatic rings. The van der Waals surface area contributed by atoms with Gasteiger partial charge in [0.2, 0.25) is 0 Å². The maximum absolute atomic E-state index is 11.6. The number of likely N-dealkylation sites (tertiary alicyclic amines) is 1. The molecule has 2 nitrogen and oxygen atoms in total. The quantitative estimate of drug-likeness (QED) is 0.554. The average molecular weight is 237 g/mol. The van der Waals surface area contributed by atoms with E-state index in [1.54, 1.807) is 0 Å². The molecular weight excluding hydrogens is 210 g/mol. The molecule has 1 aliphatic carbocycles. The van der Waals surface area contributed by atoms with Gasteiger partial charge in [-0.2, -0.15) is 0 Å². The first kappa shape index (κ1) is 13.1. The minimum atomic E-state index is -0.0297. The summed E-state index contributed by atoms with van der Waals surface area (Å²) >= 11 is 0. The Hall–Kier alpha value is -0.370. The molecule has 17 heavy (non-hydrogen) atoms. The Labute approximate surface area is 106 Å². The lowest BCUT2D eigenvalue weighted by Gasteiger charge is -2.38. The predicted molar refractivity (Wildman–Crippen MR) is 71.1 cm³/mol. The van der Waals surface area contributed by atoms with Gasteiger partial charge in [-0.1, -0.05) is 25.7 Å². The first-order valence-electron chi connectivity index (χ1n) is 7.29. The van der Waals surface area contributed by atoms with Crippen molar-refractivity contribution in [2.45, 2.75) is 70.8 Å². The zero-order valence-electron chi connectivity index (χ0n) is 11.5. The monoisotopic (exact) mass is 237 g/mol. The van der Waals surface area contributed by atoms with Crippen molar-refractivity contribution in [3.63, 3.8) is 0 Å². The zero-order valence-corrected chi connectivity index (χ0v) is 11.5. The summed E-state index contributed by atoms with van der Waals surface area (Å²) < 4.78 is 0. The summed E-state index contributed by atoms with van der Waals surface area (Å²) in [4.78, 5) is 14.2. The molecule has 98 valence electrons. The summed E-state index contributed by atoms with van der Waals surface area (Å²) in [7, 11) is 0. The summed E-state index contributed by atoms with van der Waals surface area (Å²) in [5.74, 6) is 0. The molecule has 1 saturated carbocycles. The second-order valence-corrected chi connectivity index (χ2v) is 6.73. The Kier molecular flexibility index (Phi) is 3.92. The van der Waals surface area contributed by atoms with E-state index in [1.165, 1.54) is 51.4 Å². The standard InChI is InChI=1S/C15H27NO/c1-14(2)8-7-11-16(14)12-15(13-17)9-5-3-4-6-10-15/h13H,3-12H2,1-2H3. The molecule has 0 radical (unpaired) electrons. The van der Waals surface area contributed by atoms with Crippen molar-refractivity contribution in [1.82, 2.24) is 4.90 Å². The van der Waals surface area contributed by atoms with Gasteiger partial charge < -0.3 is 4.79 Å². The second-order valence-electron chi connectivity index (χ2n) is 6.73. The molecular formula is C15H27NO. The number of hydrogen-bond donors (Lipinski definition) is 0. The second kappa shape index (κ2) is 5.09. The van der Waals surface area contributed by atoms with Crippen LogP contribution in [0.1, 0.15) is 65.2 Å². The largest absolute Gasteiger partial charge is 0.303 e. The van der Waals surface area contributed by atoms with E-state index < -0.39 is 0 Å². The van der Waals surface area contributed by atoms with E-state index in [4.69, 9.17) is 0 Å². The van der Waals surface area contributed by atoms with Crippen molar-refractivity contribution in [2.75, 3.05) is 13.1 Å². The number of aldehydes is 1. The fraction of sp³-hybridized carbons (Fsp3) is 0.933. The van der Waals surface area contributed by atoms with Crippen LogP contribution in [0.5, 0.6) is 0 Å². The highest BCUT2D eigenvalue weighted by atomic mass is 16.1. The fourth-order valence-electron chi connectivity index (χ4n) is 3.58. The lowest BCUT2D eigenvalue weighted by atomic mass is 9.80. The van der Waals surface area contributed by atoms with Crippen LogP contribution in [-0.2, 0) is 4.79 Å². The number of rotatable bonds is 3. The van der Waals surface area contributed by atoms with E-state index in [1.807, 2.05) is 0 Å². The average Bonchev–Trinajstić information content (AvgIpc) is 2.54. The third-order valence-electron chi connectivity index (χ3n) is 4.93. The molecule has 0 spiro atoms. The molecule has 2 fully saturated rings. The topological polar surface area (TPSA) is 20.3 Å². The van der Waals surface area contributed by atoms with Crippen LogP contribution in [0.25, 0.3) is 0 Å². The van der Waals surface area contributed by atoms with Crippen LogP contribution in [-0.4, -0.2) is 29.8 Å². The van der Waals surface area contributed by atoms with E-state index in [-0.39, 0.29) is 5.41 Å². The van der Waals surface area contributed by atoms with E-state index >= 15 is 0 Å². The molecule has 0 N–H and O–H groups in total. The summed E-state index contributed by atoms with van der Waals surface area (Å²) in [5.41, 5.74) is 0.278. The van der Waals surface area contributed by atoms with Gasteiger partial charge in [-0.15, -0.1) is 0 Å². The molecule has 0 aromatic heterocycles. The van der Waals surface area contributed by atoms with Gasteiger partial charge in [-0.3, -0.25) is 4.90 Å². The number of hydrogen-bond acceptors (Lipinski definition) is 2. The van der Waals surface area contributed by atoms with Crippen LogP contribution in [0.3, 0.4) is 0 Å². The summed E-state index contributed by atoms with van der Waals surface area (Å²) in [5, 5.41) is 0. The SMILES string of the molecule is CC1(C)CCCN1CC1(C=O)CCCCCC1. The summed E-state index contributed by atoms with van der Waals surface area (Å²) in [6.45, 7) is 6.84. The molecule has 2 heteroatoms. The molecule has 0 atom stereocenters. The van der Waals surface area contributed by atoms with Crippen molar-refractivity contribution < 1.29 is 4.79 Å². The minimum Gasteiger partial charge on any atom is -0.303 e. The van der Waals surface area contributed by atoms with Crippen LogP contribution in [0.2, 0.25) is 0 Å². The van der Waals surface area contributed by atoms with Crippen LogP contribution < -0.4 is 0 Å². The van der Waals surface area contributed by atoms with Gasteiger partial charge in [0.1, 0.15) is 6.29 Å².